The molecule has 1 fully saturated rings. The van der Waals surface area contributed by atoms with Gasteiger partial charge in [-0.2, -0.15) is 0 Å². The standard InChI is InChI=1S/C28H40NO4P/c1-27(2,3)21-12-14-23(30-7)19-18-20-24(31-8)15-13-22(28(4,5)6)26(20)33-34(32-25(19)21)29-16-10-9-11-17-29/h12-15H,9-11,16-18H2,1-8H3. The average molecular weight is 486 g/mol. The van der Waals surface area contributed by atoms with Crippen molar-refractivity contribution in [3.05, 3.63) is 46.5 Å². The molecule has 0 unspecified atom stereocenters. The summed E-state index contributed by atoms with van der Waals surface area (Å²) in [6.45, 7) is 15.4. The van der Waals surface area contributed by atoms with Gasteiger partial charge >= 0.3 is 8.53 Å². The highest BCUT2D eigenvalue weighted by molar-refractivity contribution is 7.45. The predicted molar refractivity (Wildman–Crippen MR) is 140 cm³/mol. The SMILES string of the molecule is COc1ccc(C(C)(C)C)c2c1Cc1c(OC)ccc(C(C)(C)C)c1OP(N1CCCCC1)O2. The van der Waals surface area contributed by atoms with Crippen LogP contribution in [0.4, 0.5) is 0 Å². The Bertz CT molecular complexity index is 959. The van der Waals surface area contributed by atoms with Gasteiger partial charge in [-0.15, -0.1) is 0 Å². The van der Waals surface area contributed by atoms with Gasteiger partial charge in [0.05, 0.1) is 14.2 Å². The summed E-state index contributed by atoms with van der Waals surface area (Å²) in [4.78, 5) is 0. The zero-order valence-electron chi connectivity index (χ0n) is 22.1. The normalized spacial score (nSPS) is 17.5. The van der Waals surface area contributed by atoms with E-state index in [2.05, 4.69) is 70.5 Å². The molecule has 6 heteroatoms. The summed E-state index contributed by atoms with van der Waals surface area (Å²) in [5, 5.41) is 0. The summed E-state index contributed by atoms with van der Waals surface area (Å²) in [5.74, 6) is 3.48. The van der Waals surface area contributed by atoms with E-state index in [-0.39, 0.29) is 10.8 Å². The van der Waals surface area contributed by atoms with E-state index in [1.165, 1.54) is 30.4 Å². The second kappa shape index (κ2) is 9.59. The maximum Gasteiger partial charge on any atom is 0.384 e. The molecular weight excluding hydrogens is 445 g/mol. The topological polar surface area (TPSA) is 40.2 Å². The molecule has 2 aromatic rings. The maximum atomic E-state index is 6.92. The molecule has 0 aliphatic carbocycles. The molecule has 1 saturated heterocycles. The molecule has 0 saturated carbocycles. The summed E-state index contributed by atoms with van der Waals surface area (Å²) in [7, 11) is 2.12. The molecule has 0 bridgehead atoms. The molecule has 0 amide bonds. The molecule has 34 heavy (non-hydrogen) atoms. The molecule has 186 valence electrons. The first-order chi connectivity index (χ1) is 16.0. The summed E-state index contributed by atoms with van der Waals surface area (Å²) in [5.41, 5.74) is 4.30. The van der Waals surface area contributed by atoms with E-state index in [4.69, 9.17) is 18.5 Å². The second-order valence-electron chi connectivity index (χ2n) is 11.4. The van der Waals surface area contributed by atoms with Gasteiger partial charge in [-0.3, -0.25) is 0 Å². The molecule has 2 heterocycles. The van der Waals surface area contributed by atoms with Crippen LogP contribution in [0.15, 0.2) is 24.3 Å². The fourth-order valence-electron chi connectivity index (χ4n) is 4.83. The van der Waals surface area contributed by atoms with Crippen molar-refractivity contribution >= 4 is 8.53 Å². The zero-order chi connectivity index (χ0) is 24.7. The Hall–Kier alpha value is -1.97. The van der Waals surface area contributed by atoms with E-state index < -0.39 is 8.53 Å². The molecule has 5 nitrogen and oxygen atoms in total. The van der Waals surface area contributed by atoms with Crippen LogP contribution >= 0.6 is 8.53 Å². The van der Waals surface area contributed by atoms with Crippen LogP contribution in [0.25, 0.3) is 0 Å². The number of ether oxygens (including phenoxy) is 2. The van der Waals surface area contributed by atoms with Crippen LogP contribution in [-0.4, -0.2) is 32.0 Å². The highest BCUT2D eigenvalue weighted by Gasteiger charge is 2.37. The molecule has 0 aromatic heterocycles. The fourth-order valence-corrected chi connectivity index (χ4v) is 6.44. The van der Waals surface area contributed by atoms with Crippen LogP contribution in [0.5, 0.6) is 23.0 Å². The molecular formula is C28H40NO4P. The van der Waals surface area contributed by atoms with Crippen molar-refractivity contribution in [2.75, 3.05) is 27.3 Å². The molecule has 0 atom stereocenters. The van der Waals surface area contributed by atoms with Gasteiger partial charge in [-0.25, -0.2) is 4.67 Å². The number of fused-ring (bicyclic) bond motifs is 2. The van der Waals surface area contributed by atoms with E-state index in [1.54, 1.807) is 14.2 Å². The predicted octanol–water partition coefficient (Wildman–Crippen LogP) is 7.37. The highest BCUT2D eigenvalue weighted by atomic mass is 31.2. The van der Waals surface area contributed by atoms with E-state index in [1.807, 2.05) is 0 Å². The summed E-state index contributed by atoms with van der Waals surface area (Å²) in [6, 6.07) is 8.45. The Morgan fingerprint density at radius 2 is 1.15 bits per heavy atom. The van der Waals surface area contributed by atoms with Crippen molar-refractivity contribution in [2.24, 2.45) is 0 Å². The van der Waals surface area contributed by atoms with Crippen molar-refractivity contribution in [1.29, 1.82) is 0 Å². The van der Waals surface area contributed by atoms with Crippen LogP contribution in [0.3, 0.4) is 0 Å². The first-order valence-corrected chi connectivity index (χ1v) is 13.5. The van der Waals surface area contributed by atoms with Crippen molar-refractivity contribution in [3.8, 4) is 23.0 Å². The Morgan fingerprint density at radius 3 is 1.53 bits per heavy atom. The van der Waals surface area contributed by atoms with Gasteiger partial charge in [-0.05, 0) is 35.8 Å². The van der Waals surface area contributed by atoms with E-state index in [9.17, 15) is 0 Å². The fraction of sp³-hybridized carbons (Fsp3) is 0.571. The third-order valence-electron chi connectivity index (χ3n) is 6.75. The smallest absolute Gasteiger partial charge is 0.384 e. The lowest BCUT2D eigenvalue weighted by molar-refractivity contribution is 0.299. The minimum absolute atomic E-state index is 0.0847. The first kappa shape index (κ1) is 25.1. The lowest BCUT2D eigenvalue weighted by atomic mass is 9.82. The van der Waals surface area contributed by atoms with Gasteiger partial charge in [0.15, 0.2) is 0 Å². The molecule has 0 N–H and O–H groups in total. The van der Waals surface area contributed by atoms with E-state index >= 15 is 0 Å². The Labute approximate surface area is 206 Å². The molecule has 2 aliphatic rings. The highest BCUT2D eigenvalue weighted by Crippen LogP contribution is 2.55. The minimum Gasteiger partial charge on any atom is -0.496 e. The van der Waals surface area contributed by atoms with Crippen LogP contribution < -0.4 is 18.5 Å². The van der Waals surface area contributed by atoms with Crippen LogP contribution in [-0.2, 0) is 17.3 Å². The monoisotopic (exact) mass is 485 g/mol. The molecule has 0 radical (unpaired) electrons. The molecule has 2 aromatic carbocycles. The van der Waals surface area contributed by atoms with Crippen LogP contribution in [0.1, 0.15) is 83.1 Å². The molecule has 4 rings (SSSR count). The van der Waals surface area contributed by atoms with Gasteiger partial charge in [0.2, 0.25) is 0 Å². The average Bonchev–Trinajstić information content (AvgIpc) is 2.77. The van der Waals surface area contributed by atoms with Gasteiger partial charge < -0.3 is 18.5 Å². The Balaban J connectivity index is 2.00. The van der Waals surface area contributed by atoms with Crippen molar-refractivity contribution in [3.63, 3.8) is 0 Å². The number of hydrogen-bond acceptors (Lipinski definition) is 5. The van der Waals surface area contributed by atoms with Gasteiger partial charge in [0.25, 0.3) is 0 Å². The Kier molecular flexibility index (Phi) is 7.09. The van der Waals surface area contributed by atoms with Crippen molar-refractivity contribution in [1.82, 2.24) is 4.67 Å². The zero-order valence-corrected chi connectivity index (χ0v) is 23.0. The van der Waals surface area contributed by atoms with E-state index in [0.29, 0.717) is 6.42 Å². The Morgan fingerprint density at radius 1 is 0.706 bits per heavy atom. The van der Waals surface area contributed by atoms with Gasteiger partial charge in [-0.1, -0.05) is 60.1 Å². The first-order valence-electron chi connectivity index (χ1n) is 12.4. The minimum atomic E-state index is -1.35. The van der Waals surface area contributed by atoms with Gasteiger partial charge in [0, 0.05) is 41.8 Å². The lowest BCUT2D eigenvalue weighted by Crippen LogP contribution is -2.30. The number of nitrogens with zero attached hydrogens (tertiary/aromatic N) is 1. The number of piperidine rings is 1. The van der Waals surface area contributed by atoms with Crippen molar-refractivity contribution in [2.45, 2.75) is 78.1 Å². The number of benzene rings is 2. The summed E-state index contributed by atoms with van der Waals surface area (Å²) in [6.07, 6.45) is 4.21. The van der Waals surface area contributed by atoms with Crippen molar-refractivity contribution < 1.29 is 18.5 Å². The largest absolute Gasteiger partial charge is 0.496 e. The van der Waals surface area contributed by atoms with E-state index in [0.717, 1.165) is 47.2 Å². The van der Waals surface area contributed by atoms with Crippen LogP contribution in [0.2, 0.25) is 0 Å². The summed E-state index contributed by atoms with van der Waals surface area (Å²) < 4.78 is 28.0. The number of rotatable bonds is 3. The van der Waals surface area contributed by atoms with Gasteiger partial charge in [0.1, 0.15) is 23.0 Å². The number of methoxy groups -OCH3 is 2. The quantitative estimate of drug-likeness (QED) is 0.424. The maximum absolute atomic E-state index is 6.92. The van der Waals surface area contributed by atoms with Crippen LogP contribution in [0, 0.1) is 0 Å². The summed E-state index contributed by atoms with van der Waals surface area (Å²) >= 11 is 0. The molecule has 0 spiro atoms. The molecule has 2 aliphatic heterocycles. The lowest BCUT2D eigenvalue weighted by Gasteiger charge is -2.37. The second-order valence-corrected chi connectivity index (χ2v) is 12.8. The number of hydrogen-bond donors (Lipinski definition) is 0. The third kappa shape index (κ3) is 4.88. The third-order valence-corrected chi connectivity index (χ3v) is 8.29.